The molecule has 0 unspecified atom stereocenters. The van der Waals surface area contributed by atoms with E-state index in [4.69, 9.17) is 15.6 Å². The number of aromatic amines is 1. The molecule has 0 saturated carbocycles. The summed E-state index contributed by atoms with van der Waals surface area (Å²) in [5.41, 5.74) is 10.8. The highest BCUT2D eigenvalue weighted by Gasteiger charge is 2.37. The van der Waals surface area contributed by atoms with Crippen molar-refractivity contribution in [2.24, 2.45) is 5.73 Å². The van der Waals surface area contributed by atoms with E-state index in [1.165, 1.54) is 12.1 Å². The van der Waals surface area contributed by atoms with Gasteiger partial charge in [0.25, 0.3) is 0 Å². The monoisotopic (exact) mass is 412 g/mol. The minimum atomic E-state index is -0.537. The highest BCUT2D eigenvalue weighted by atomic mass is 19.1. The molecule has 5 rings (SSSR count). The van der Waals surface area contributed by atoms with Crippen LogP contribution in [0.2, 0.25) is 0 Å². The van der Waals surface area contributed by atoms with Crippen molar-refractivity contribution in [2.75, 3.05) is 0 Å². The number of nitrogens with two attached hydrogens (primary N) is 1. The fourth-order valence-corrected chi connectivity index (χ4v) is 3.85. The molecule has 4 aromatic rings. The number of ether oxygens (including phenoxy) is 1. The maximum atomic E-state index is 13.6. The molecule has 1 atom stereocenters. The Morgan fingerprint density at radius 1 is 1.16 bits per heavy atom. The van der Waals surface area contributed by atoms with Gasteiger partial charge in [0.2, 0.25) is 11.8 Å². The average molecular weight is 412 g/mol. The van der Waals surface area contributed by atoms with E-state index in [0.717, 1.165) is 28.1 Å². The number of para-hydroxylation sites is 1. The van der Waals surface area contributed by atoms with Gasteiger partial charge in [0.1, 0.15) is 17.5 Å². The molecule has 31 heavy (non-hydrogen) atoms. The van der Waals surface area contributed by atoms with Gasteiger partial charge in [0, 0.05) is 28.6 Å². The van der Waals surface area contributed by atoms with Crippen LogP contribution in [0.25, 0.3) is 16.9 Å². The standard InChI is InChI=1S/C23H17FN6O/c1-13-19-20(17(11-25)22(26)31-23(19)28-27-13)18-12-30(16-5-3-2-4-6-16)29-21(18)14-7-9-15(24)10-8-14/h2-10,12,20H,26H2,1H3,(H,27,28)/t20-/m0/s1. The highest BCUT2D eigenvalue weighted by Crippen LogP contribution is 2.45. The van der Waals surface area contributed by atoms with Gasteiger partial charge in [0.05, 0.1) is 17.3 Å². The largest absolute Gasteiger partial charge is 0.420 e. The number of nitrogens with zero attached hydrogens (tertiary/aromatic N) is 4. The van der Waals surface area contributed by atoms with E-state index in [9.17, 15) is 9.65 Å². The predicted octanol–water partition coefficient (Wildman–Crippen LogP) is 3.93. The number of nitriles is 1. The molecule has 1 aliphatic rings. The smallest absolute Gasteiger partial charge is 0.244 e. The van der Waals surface area contributed by atoms with Gasteiger partial charge in [-0.25, -0.2) is 9.07 Å². The van der Waals surface area contributed by atoms with Crippen LogP contribution in [0, 0.1) is 24.1 Å². The van der Waals surface area contributed by atoms with Crippen LogP contribution in [0.15, 0.2) is 72.3 Å². The summed E-state index contributed by atoms with van der Waals surface area (Å²) in [6, 6.07) is 17.9. The van der Waals surface area contributed by atoms with Crippen molar-refractivity contribution >= 4 is 0 Å². The van der Waals surface area contributed by atoms with E-state index in [1.54, 1.807) is 16.8 Å². The molecule has 3 heterocycles. The van der Waals surface area contributed by atoms with Gasteiger partial charge in [-0.05, 0) is 43.3 Å². The molecule has 0 bridgehead atoms. The van der Waals surface area contributed by atoms with Crippen LogP contribution in [0.5, 0.6) is 5.88 Å². The third-order valence-corrected chi connectivity index (χ3v) is 5.32. The molecule has 0 saturated heterocycles. The van der Waals surface area contributed by atoms with Gasteiger partial charge in [-0.3, -0.25) is 5.10 Å². The number of aryl methyl sites for hydroxylation is 1. The van der Waals surface area contributed by atoms with E-state index in [-0.39, 0.29) is 17.3 Å². The molecule has 0 amide bonds. The molecule has 2 aromatic carbocycles. The summed E-state index contributed by atoms with van der Waals surface area (Å²) in [5.74, 6) is -0.542. The third-order valence-electron chi connectivity index (χ3n) is 5.32. The molecular formula is C23H17FN6O. The van der Waals surface area contributed by atoms with Gasteiger partial charge in [-0.1, -0.05) is 18.2 Å². The second kappa shape index (κ2) is 7.15. The van der Waals surface area contributed by atoms with Gasteiger partial charge >= 0.3 is 0 Å². The Labute approximate surface area is 177 Å². The van der Waals surface area contributed by atoms with Gasteiger partial charge in [0.15, 0.2) is 0 Å². The lowest BCUT2D eigenvalue weighted by molar-refractivity contribution is 0.379. The zero-order valence-corrected chi connectivity index (χ0v) is 16.5. The van der Waals surface area contributed by atoms with Crippen LogP contribution < -0.4 is 10.5 Å². The van der Waals surface area contributed by atoms with Crippen molar-refractivity contribution in [3.8, 4) is 28.9 Å². The lowest BCUT2D eigenvalue weighted by atomic mass is 9.83. The maximum absolute atomic E-state index is 13.6. The number of hydrogen-bond acceptors (Lipinski definition) is 5. The minimum Gasteiger partial charge on any atom is -0.420 e. The first kappa shape index (κ1) is 18.6. The fraction of sp³-hybridized carbons (Fsp3) is 0.0870. The zero-order valence-electron chi connectivity index (χ0n) is 16.5. The van der Waals surface area contributed by atoms with Crippen molar-refractivity contribution in [3.63, 3.8) is 0 Å². The first-order valence-corrected chi connectivity index (χ1v) is 9.60. The molecule has 8 heteroatoms. The first-order chi connectivity index (χ1) is 15.1. The molecule has 152 valence electrons. The van der Waals surface area contributed by atoms with E-state index in [0.29, 0.717) is 11.6 Å². The number of allylic oxidation sites excluding steroid dienone is 1. The summed E-state index contributed by atoms with van der Waals surface area (Å²) in [6.45, 7) is 1.86. The molecule has 7 nitrogen and oxygen atoms in total. The normalized spacial score (nSPS) is 15.3. The summed E-state index contributed by atoms with van der Waals surface area (Å²) >= 11 is 0. The number of halogens is 1. The molecule has 0 fully saturated rings. The average Bonchev–Trinajstić information content (AvgIpc) is 3.38. The van der Waals surface area contributed by atoms with Crippen LogP contribution in [0.1, 0.15) is 22.7 Å². The molecule has 3 N–H and O–H groups in total. The lowest BCUT2D eigenvalue weighted by Gasteiger charge is -2.23. The summed E-state index contributed by atoms with van der Waals surface area (Å²) < 4.78 is 20.9. The topological polar surface area (TPSA) is 106 Å². The quantitative estimate of drug-likeness (QED) is 0.530. The second-order valence-corrected chi connectivity index (χ2v) is 7.21. The number of rotatable bonds is 3. The number of aromatic nitrogens is 4. The minimum absolute atomic E-state index is 0.00372. The van der Waals surface area contributed by atoms with E-state index in [2.05, 4.69) is 16.3 Å². The van der Waals surface area contributed by atoms with Crippen LogP contribution in [0.4, 0.5) is 4.39 Å². The van der Waals surface area contributed by atoms with Gasteiger partial charge in [-0.15, -0.1) is 5.10 Å². The summed E-state index contributed by atoms with van der Waals surface area (Å²) in [7, 11) is 0. The third kappa shape index (κ3) is 3.04. The van der Waals surface area contributed by atoms with E-state index in [1.807, 2.05) is 43.5 Å². The Kier molecular flexibility index (Phi) is 4.30. The Balaban J connectivity index is 1.78. The van der Waals surface area contributed by atoms with Crippen molar-refractivity contribution < 1.29 is 9.13 Å². The molecule has 0 spiro atoms. The maximum Gasteiger partial charge on any atom is 0.244 e. The number of benzene rings is 2. The van der Waals surface area contributed by atoms with E-state index < -0.39 is 5.92 Å². The SMILES string of the molecule is Cc1[nH]nc2c1[C@H](c1cn(-c3ccccc3)nc1-c1ccc(F)cc1)C(C#N)=C(N)O2. The summed E-state index contributed by atoms with van der Waals surface area (Å²) in [5, 5.41) is 21.8. The van der Waals surface area contributed by atoms with E-state index >= 15 is 0 Å². The van der Waals surface area contributed by atoms with Crippen LogP contribution in [-0.2, 0) is 0 Å². The Morgan fingerprint density at radius 2 is 1.90 bits per heavy atom. The summed E-state index contributed by atoms with van der Waals surface area (Å²) in [6.07, 6.45) is 1.87. The van der Waals surface area contributed by atoms with Crippen molar-refractivity contribution in [3.05, 3.63) is 94.9 Å². The Morgan fingerprint density at radius 3 is 2.61 bits per heavy atom. The number of fused-ring (bicyclic) bond motifs is 1. The molecule has 2 aromatic heterocycles. The summed E-state index contributed by atoms with van der Waals surface area (Å²) in [4.78, 5) is 0. The lowest BCUT2D eigenvalue weighted by Crippen LogP contribution is -2.21. The van der Waals surface area contributed by atoms with Crippen LogP contribution in [-0.4, -0.2) is 20.0 Å². The van der Waals surface area contributed by atoms with Gasteiger partial charge in [-0.2, -0.15) is 10.4 Å². The fourth-order valence-electron chi connectivity index (χ4n) is 3.85. The van der Waals surface area contributed by atoms with Crippen molar-refractivity contribution in [1.29, 1.82) is 5.26 Å². The van der Waals surface area contributed by atoms with Crippen molar-refractivity contribution in [1.82, 2.24) is 20.0 Å². The molecular weight excluding hydrogens is 395 g/mol. The molecule has 0 radical (unpaired) electrons. The molecule has 0 aliphatic carbocycles. The van der Waals surface area contributed by atoms with Crippen LogP contribution >= 0.6 is 0 Å². The Hall–Kier alpha value is -4.38. The molecule has 1 aliphatic heterocycles. The second-order valence-electron chi connectivity index (χ2n) is 7.21. The zero-order chi connectivity index (χ0) is 21.5. The highest BCUT2D eigenvalue weighted by molar-refractivity contribution is 5.69. The van der Waals surface area contributed by atoms with Crippen molar-refractivity contribution in [2.45, 2.75) is 12.8 Å². The number of H-pyrrole nitrogens is 1. The Bertz CT molecular complexity index is 1350. The van der Waals surface area contributed by atoms with Crippen LogP contribution in [0.3, 0.4) is 0 Å². The van der Waals surface area contributed by atoms with Gasteiger partial charge < -0.3 is 10.5 Å². The predicted molar refractivity (Wildman–Crippen MR) is 112 cm³/mol. The first-order valence-electron chi connectivity index (χ1n) is 9.60. The number of hydrogen-bond donors (Lipinski definition) is 2. The number of nitrogens with one attached hydrogen (secondary N) is 1.